The van der Waals surface area contributed by atoms with Gasteiger partial charge in [0.2, 0.25) is 6.23 Å². The first kappa shape index (κ1) is 11.9. The van der Waals surface area contributed by atoms with E-state index in [9.17, 15) is 9.59 Å². The van der Waals surface area contributed by atoms with Gasteiger partial charge in [0.15, 0.2) is 12.0 Å². The summed E-state index contributed by atoms with van der Waals surface area (Å²) in [4.78, 5) is 23.6. The lowest BCUT2D eigenvalue weighted by molar-refractivity contribution is -0.157. The van der Waals surface area contributed by atoms with E-state index in [0.29, 0.717) is 5.76 Å². The van der Waals surface area contributed by atoms with Crippen molar-refractivity contribution < 1.29 is 23.8 Å². The van der Waals surface area contributed by atoms with Gasteiger partial charge in [0.1, 0.15) is 6.61 Å². The fourth-order valence-electron chi connectivity index (χ4n) is 1.83. The SMILES string of the molecule is CC(=O)OC/C=C1\O[C@@H]2CCN2C1OC(C)=O. The van der Waals surface area contributed by atoms with Crippen LogP contribution in [-0.2, 0) is 23.8 Å². The Labute approximate surface area is 99.1 Å². The van der Waals surface area contributed by atoms with Gasteiger partial charge in [0, 0.05) is 26.8 Å². The van der Waals surface area contributed by atoms with Crippen LogP contribution in [-0.4, -0.2) is 42.4 Å². The maximum Gasteiger partial charge on any atom is 0.304 e. The van der Waals surface area contributed by atoms with E-state index in [0.717, 1.165) is 13.0 Å². The number of esters is 2. The van der Waals surface area contributed by atoms with Gasteiger partial charge in [-0.1, -0.05) is 0 Å². The van der Waals surface area contributed by atoms with Crippen molar-refractivity contribution in [3.05, 3.63) is 11.8 Å². The second-order valence-electron chi connectivity index (χ2n) is 3.97. The molecule has 17 heavy (non-hydrogen) atoms. The summed E-state index contributed by atoms with van der Waals surface area (Å²) in [6.45, 7) is 3.66. The average Bonchev–Trinajstić information content (AvgIpc) is 2.39. The summed E-state index contributed by atoms with van der Waals surface area (Å²) in [7, 11) is 0. The minimum atomic E-state index is -0.471. The number of hydrogen-bond acceptors (Lipinski definition) is 6. The quantitative estimate of drug-likeness (QED) is 0.666. The number of rotatable bonds is 3. The Kier molecular flexibility index (Phi) is 3.33. The standard InChI is InChI=1S/C11H15NO5/c1-7(13)15-6-4-9-11(16-8(2)14)12-5-3-10(12)17-9/h4,10-11H,3,5-6H2,1-2H3/b9-4-/t10-,11?/m1/s1. The van der Waals surface area contributed by atoms with Crippen molar-refractivity contribution in [2.45, 2.75) is 32.7 Å². The average molecular weight is 241 g/mol. The Morgan fingerprint density at radius 3 is 2.76 bits per heavy atom. The van der Waals surface area contributed by atoms with Crippen LogP contribution < -0.4 is 0 Å². The molecule has 2 saturated heterocycles. The summed E-state index contributed by atoms with van der Waals surface area (Å²) < 4.78 is 15.5. The van der Waals surface area contributed by atoms with Gasteiger partial charge < -0.3 is 14.2 Å². The van der Waals surface area contributed by atoms with Crippen LogP contribution in [0.15, 0.2) is 11.8 Å². The molecule has 0 spiro atoms. The van der Waals surface area contributed by atoms with E-state index in [1.807, 2.05) is 4.90 Å². The van der Waals surface area contributed by atoms with Crippen molar-refractivity contribution in [3.63, 3.8) is 0 Å². The molecule has 1 unspecified atom stereocenters. The minimum absolute atomic E-state index is 0.0112. The van der Waals surface area contributed by atoms with Crippen molar-refractivity contribution in [2.75, 3.05) is 13.2 Å². The Morgan fingerprint density at radius 2 is 2.24 bits per heavy atom. The Morgan fingerprint density at radius 1 is 1.47 bits per heavy atom. The third-order valence-electron chi connectivity index (χ3n) is 2.67. The molecule has 6 heteroatoms. The highest BCUT2D eigenvalue weighted by Crippen LogP contribution is 2.35. The van der Waals surface area contributed by atoms with Gasteiger partial charge in [0.05, 0.1) is 0 Å². The fraction of sp³-hybridized carbons (Fsp3) is 0.636. The zero-order valence-electron chi connectivity index (χ0n) is 9.84. The predicted molar refractivity (Wildman–Crippen MR) is 56.5 cm³/mol. The molecule has 0 amide bonds. The zero-order valence-corrected chi connectivity index (χ0v) is 9.84. The first-order valence-corrected chi connectivity index (χ1v) is 5.51. The maximum absolute atomic E-state index is 11.0. The number of carbonyl (C=O) groups is 2. The summed E-state index contributed by atoms with van der Waals surface area (Å²) >= 11 is 0. The van der Waals surface area contributed by atoms with Crippen LogP contribution in [0.4, 0.5) is 0 Å². The van der Waals surface area contributed by atoms with E-state index in [-0.39, 0.29) is 24.8 Å². The molecule has 2 aliphatic rings. The number of nitrogens with zero attached hydrogens (tertiary/aromatic N) is 1. The molecular formula is C11H15NO5. The van der Waals surface area contributed by atoms with Crippen molar-refractivity contribution in [3.8, 4) is 0 Å². The molecule has 0 aromatic heterocycles. The summed E-state index contributed by atoms with van der Waals surface area (Å²) in [5.74, 6) is -0.166. The molecule has 2 heterocycles. The summed E-state index contributed by atoms with van der Waals surface area (Å²) in [5.41, 5.74) is 0. The lowest BCUT2D eigenvalue weighted by atomic mass is 10.2. The molecular weight excluding hydrogens is 226 g/mol. The van der Waals surface area contributed by atoms with Crippen LogP contribution in [0.1, 0.15) is 20.3 Å². The number of fused-ring (bicyclic) bond motifs is 1. The topological polar surface area (TPSA) is 65.1 Å². The van der Waals surface area contributed by atoms with Gasteiger partial charge in [0.25, 0.3) is 0 Å². The summed E-state index contributed by atoms with van der Waals surface area (Å²) in [6, 6.07) is 0. The van der Waals surface area contributed by atoms with E-state index >= 15 is 0 Å². The molecule has 0 aromatic carbocycles. The number of ether oxygens (including phenoxy) is 3. The van der Waals surface area contributed by atoms with Gasteiger partial charge in [-0.15, -0.1) is 0 Å². The van der Waals surface area contributed by atoms with Gasteiger partial charge >= 0.3 is 11.9 Å². The van der Waals surface area contributed by atoms with Crippen molar-refractivity contribution >= 4 is 11.9 Å². The first-order valence-electron chi connectivity index (χ1n) is 5.51. The van der Waals surface area contributed by atoms with Gasteiger partial charge in [-0.2, -0.15) is 0 Å². The molecule has 0 aromatic rings. The lowest BCUT2D eigenvalue weighted by Crippen LogP contribution is -2.48. The Hall–Kier alpha value is -1.56. The van der Waals surface area contributed by atoms with Crippen LogP contribution in [0.3, 0.4) is 0 Å². The predicted octanol–water partition coefficient (Wildman–Crippen LogP) is 0.385. The lowest BCUT2D eigenvalue weighted by Gasteiger charge is -2.34. The van der Waals surface area contributed by atoms with Gasteiger partial charge in [-0.25, -0.2) is 4.90 Å². The van der Waals surface area contributed by atoms with Crippen LogP contribution in [0, 0.1) is 0 Å². The summed E-state index contributed by atoms with van der Waals surface area (Å²) in [6.07, 6.45) is 2.07. The second kappa shape index (κ2) is 4.75. The van der Waals surface area contributed by atoms with Crippen molar-refractivity contribution in [1.82, 2.24) is 4.90 Å². The zero-order chi connectivity index (χ0) is 12.4. The smallest absolute Gasteiger partial charge is 0.304 e. The van der Waals surface area contributed by atoms with Crippen LogP contribution in [0.25, 0.3) is 0 Å². The van der Waals surface area contributed by atoms with E-state index in [1.165, 1.54) is 13.8 Å². The summed E-state index contributed by atoms with van der Waals surface area (Å²) in [5, 5.41) is 0. The molecule has 0 saturated carbocycles. The highest BCUT2D eigenvalue weighted by molar-refractivity contribution is 5.66. The fourth-order valence-corrected chi connectivity index (χ4v) is 1.83. The van der Waals surface area contributed by atoms with E-state index in [2.05, 4.69) is 0 Å². The highest BCUT2D eigenvalue weighted by atomic mass is 16.6. The Bertz CT molecular complexity index is 365. The molecule has 2 rings (SSSR count). The largest absolute Gasteiger partial charge is 0.474 e. The first-order chi connectivity index (χ1) is 8.08. The van der Waals surface area contributed by atoms with Gasteiger partial charge in [-0.3, -0.25) is 9.59 Å². The van der Waals surface area contributed by atoms with Crippen molar-refractivity contribution in [1.29, 1.82) is 0 Å². The molecule has 0 radical (unpaired) electrons. The number of hydrogen-bond donors (Lipinski definition) is 0. The normalized spacial score (nSPS) is 29.2. The van der Waals surface area contributed by atoms with Crippen molar-refractivity contribution in [2.24, 2.45) is 0 Å². The van der Waals surface area contributed by atoms with Crippen LogP contribution in [0.2, 0.25) is 0 Å². The second-order valence-corrected chi connectivity index (χ2v) is 3.97. The highest BCUT2D eigenvalue weighted by Gasteiger charge is 2.46. The third kappa shape index (κ3) is 2.58. The van der Waals surface area contributed by atoms with Crippen LogP contribution >= 0.6 is 0 Å². The third-order valence-corrected chi connectivity index (χ3v) is 2.67. The Balaban J connectivity index is 1.98. The molecule has 6 nitrogen and oxygen atoms in total. The van der Waals surface area contributed by atoms with E-state index < -0.39 is 6.23 Å². The maximum atomic E-state index is 11.0. The molecule has 2 atom stereocenters. The molecule has 0 N–H and O–H groups in total. The molecule has 0 bridgehead atoms. The molecule has 94 valence electrons. The monoisotopic (exact) mass is 241 g/mol. The minimum Gasteiger partial charge on any atom is -0.474 e. The van der Waals surface area contributed by atoms with E-state index in [1.54, 1.807) is 6.08 Å². The number of carbonyl (C=O) groups excluding carboxylic acids is 2. The van der Waals surface area contributed by atoms with E-state index in [4.69, 9.17) is 14.2 Å². The molecule has 2 fully saturated rings. The molecule has 0 aliphatic carbocycles. The molecule has 2 aliphatic heterocycles. The van der Waals surface area contributed by atoms with Gasteiger partial charge in [-0.05, 0) is 6.08 Å². The van der Waals surface area contributed by atoms with Crippen LogP contribution in [0.5, 0.6) is 0 Å².